The first-order valence-electron chi connectivity index (χ1n) is 9.33. The van der Waals surface area contributed by atoms with Crippen molar-refractivity contribution in [3.63, 3.8) is 0 Å². The minimum Gasteiger partial charge on any atom is -0.388 e. The van der Waals surface area contributed by atoms with Gasteiger partial charge in [-0.25, -0.2) is 9.97 Å². The Kier molecular flexibility index (Phi) is 6.80. The quantitative estimate of drug-likeness (QED) is 0.542. The van der Waals surface area contributed by atoms with Gasteiger partial charge in [0, 0.05) is 25.5 Å². The van der Waals surface area contributed by atoms with Crippen molar-refractivity contribution in [1.82, 2.24) is 15.3 Å². The van der Waals surface area contributed by atoms with Crippen molar-refractivity contribution in [1.29, 1.82) is 0 Å². The molecule has 1 saturated carbocycles. The van der Waals surface area contributed by atoms with Crippen LogP contribution < -0.4 is 10.2 Å². The van der Waals surface area contributed by atoms with Gasteiger partial charge in [-0.1, -0.05) is 30.9 Å². The molecule has 1 aromatic carbocycles. The average Bonchev–Trinajstić information content (AvgIpc) is 2.72. The number of benzene rings is 1. The molecule has 2 N–H and O–H groups in total. The molecule has 28 heavy (non-hydrogen) atoms. The molecule has 0 aliphatic heterocycles. The largest absolute Gasteiger partial charge is 0.388 e. The fourth-order valence-corrected chi connectivity index (χ4v) is 3.92. The van der Waals surface area contributed by atoms with Crippen LogP contribution in [-0.2, 0) is 0 Å². The number of halogens is 1. The van der Waals surface area contributed by atoms with Crippen LogP contribution >= 0.6 is 23.4 Å². The highest BCUT2D eigenvalue weighted by Gasteiger charge is 2.29. The average molecular weight is 421 g/mol. The summed E-state index contributed by atoms with van der Waals surface area (Å²) in [7, 11) is 1.84. The van der Waals surface area contributed by atoms with Gasteiger partial charge in [0.25, 0.3) is 5.91 Å². The highest BCUT2D eigenvalue weighted by Crippen LogP contribution is 2.29. The van der Waals surface area contributed by atoms with E-state index in [1.807, 2.05) is 30.3 Å². The van der Waals surface area contributed by atoms with E-state index in [0.29, 0.717) is 29.4 Å². The van der Waals surface area contributed by atoms with Crippen LogP contribution in [0.1, 0.15) is 42.5 Å². The summed E-state index contributed by atoms with van der Waals surface area (Å²) in [5.74, 6) is 0.245. The number of hydrogen-bond acceptors (Lipinski definition) is 6. The van der Waals surface area contributed by atoms with Crippen molar-refractivity contribution >= 4 is 40.9 Å². The molecule has 150 valence electrons. The van der Waals surface area contributed by atoms with Crippen LogP contribution in [-0.4, -0.2) is 46.4 Å². The first-order chi connectivity index (χ1) is 13.4. The zero-order chi connectivity index (χ0) is 20.1. The summed E-state index contributed by atoms with van der Waals surface area (Å²) in [4.78, 5) is 23.3. The van der Waals surface area contributed by atoms with Gasteiger partial charge < -0.3 is 15.3 Å². The number of aromatic nitrogens is 2. The second kappa shape index (κ2) is 9.11. The molecule has 1 aliphatic rings. The molecule has 1 aliphatic carbocycles. The van der Waals surface area contributed by atoms with Gasteiger partial charge in [0.1, 0.15) is 5.03 Å². The Morgan fingerprint density at radius 3 is 2.79 bits per heavy atom. The Labute approximate surface area is 174 Å². The molecule has 0 bridgehead atoms. The first-order valence-corrected chi connectivity index (χ1v) is 10.9. The molecular weight excluding hydrogens is 396 g/mol. The van der Waals surface area contributed by atoms with E-state index in [0.717, 1.165) is 30.0 Å². The van der Waals surface area contributed by atoms with Gasteiger partial charge in [-0.2, -0.15) is 0 Å². The van der Waals surface area contributed by atoms with Crippen molar-refractivity contribution in [3.8, 4) is 0 Å². The number of aliphatic hydroxyl groups is 1. The molecule has 1 heterocycles. The first kappa shape index (κ1) is 20.9. The number of thioether (sulfide) groups is 1. The standard InChI is InChI=1S/C20H25ClN4O2S/c1-25(19-22-11-8-17(24-19)28-2)14-6-7-16(21)15(12-14)18(26)23-13-20(27)9-4-3-5-10-20/h6-8,11-12,27H,3-5,9-10,13H2,1-2H3,(H,23,26). The van der Waals surface area contributed by atoms with E-state index in [1.165, 1.54) is 11.8 Å². The topological polar surface area (TPSA) is 78.4 Å². The number of hydrogen-bond donors (Lipinski definition) is 2. The molecule has 8 heteroatoms. The summed E-state index contributed by atoms with van der Waals surface area (Å²) >= 11 is 7.81. The predicted molar refractivity (Wildman–Crippen MR) is 114 cm³/mol. The highest BCUT2D eigenvalue weighted by atomic mass is 35.5. The molecule has 1 amide bonds. The number of nitrogens with zero attached hydrogens (tertiary/aromatic N) is 3. The lowest BCUT2D eigenvalue weighted by atomic mass is 9.85. The molecule has 1 fully saturated rings. The number of carbonyl (C=O) groups excluding carboxylic acids is 1. The lowest BCUT2D eigenvalue weighted by molar-refractivity contribution is 0.00526. The maximum absolute atomic E-state index is 12.7. The number of amides is 1. The van der Waals surface area contributed by atoms with E-state index >= 15 is 0 Å². The second-order valence-corrected chi connectivity index (χ2v) is 8.32. The number of anilines is 2. The summed E-state index contributed by atoms with van der Waals surface area (Å²) < 4.78 is 0. The normalized spacial score (nSPS) is 15.9. The Morgan fingerprint density at radius 2 is 2.07 bits per heavy atom. The third kappa shape index (κ3) is 4.96. The Morgan fingerprint density at radius 1 is 1.32 bits per heavy atom. The molecule has 0 saturated heterocycles. The highest BCUT2D eigenvalue weighted by molar-refractivity contribution is 7.98. The lowest BCUT2D eigenvalue weighted by Crippen LogP contribution is -2.44. The number of nitrogens with one attached hydrogen (secondary N) is 1. The molecule has 0 spiro atoms. The fraction of sp³-hybridized carbons (Fsp3) is 0.450. The van der Waals surface area contributed by atoms with Gasteiger partial charge in [0.15, 0.2) is 0 Å². The Bertz CT molecular complexity index is 843. The van der Waals surface area contributed by atoms with Gasteiger partial charge >= 0.3 is 0 Å². The van der Waals surface area contributed by atoms with E-state index in [-0.39, 0.29) is 12.5 Å². The van der Waals surface area contributed by atoms with E-state index in [4.69, 9.17) is 11.6 Å². The van der Waals surface area contributed by atoms with Crippen LogP contribution in [0.3, 0.4) is 0 Å². The smallest absolute Gasteiger partial charge is 0.252 e. The molecule has 3 rings (SSSR count). The molecule has 0 atom stereocenters. The Hall–Kier alpha value is -1.83. The van der Waals surface area contributed by atoms with Crippen LogP contribution in [0.25, 0.3) is 0 Å². The van der Waals surface area contributed by atoms with E-state index in [9.17, 15) is 9.90 Å². The zero-order valence-electron chi connectivity index (χ0n) is 16.1. The van der Waals surface area contributed by atoms with Crippen LogP contribution in [0, 0.1) is 0 Å². The van der Waals surface area contributed by atoms with Crippen molar-refractivity contribution < 1.29 is 9.90 Å². The molecule has 0 unspecified atom stereocenters. The maximum atomic E-state index is 12.7. The maximum Gasteiger partial charge on any atom is 0.252 e. The van der Waals surface area contributed by atoms with Gasteiger partial charge in [0.2, 0.25) is 5.95 Å². The second-order valence-electron chi connectivity index (χ2n) is 7.09. The van der Waals surface area contributed by atoms with Gasteiger partial charge in [0.05, 0.1) is 16.2 Å². The van der Waals surface area contributed by atoms with Crippen molar-refractivity contribution in [2.45, 2.75) is 42.7 Å². The van der Waals surface area contributed by atoms with Crippen LogP contribution in [0.2, 0.25) is 5.02 Å². The van der Waals surface area contributed by atoms with E-state index in [2.05, 4.69) is 15.3 Å². The van der Waals surface area contributed by atoms with E-state index in [1.54, 1.807) is 18.3 Å². The van der Waals surface area contributed by atoms with Crippen molar-refractivity contribution in [2.24, 2.45) is 0 Å². The van der Waals surface area contributed by atoms with Crippen LogP contribution in [0.4, 0.5) is 11.6 Å². The van der Waals surface area contributed by atoms with Crippen LogP contribution in [0.15, 0.2) is 35.5 Å². The lowest BCUT2D eigenvalue weighted by Gasteiger charge is -2.32. The van der Waals surface area contributed by atoms with Crippen molar-refractivity contribution in [3.05, 3.63) is 41.0 Å². The SMILES string of the molecule is CSc1ccnc(N(C)c2ccc(Cl)c(C(=O)NCC3(O)CCCCC3)c2)n1. The summed E-state index contributed by atoms with van der Waals surface area (Å²) in [5.41, 5.74) is 0.302. The zero-order valence-corrected chi connectivity index (χ0v) is 17.7. The molecule has 6 nitrogen and oxygen atoms in total. The fourth-order valence-electron chi connectivity index (χ4n) is 3.35. The van der Waals surface area contributed by atoms with Gasteiger partial charge in [-0.15, -0.1) is 11.8 Å². The molecule has 1 aromatic heterocycles. The van der Waals surface area contributed by atoms with E-state index < -0.39 is 5.60 Å². The minimum absolute atomic E-state index is 0.237. The summed E-state index contributed by atoms with van der Waals surface area (Å²) in [5, 5.41) is 14.7. The number of rotatable bonds is 6. The van der Waals surface area contributed by atoms with Crippen molar-refractivity contribution in [2.75, 3.05) is 24.7 Å². The number of carbonyl (C=O) groups is 1. The molecular formula is C20H25ClN4O2S. The monoisotopic (exact) mass is 420 g/mol. The summed E-state index contributed by atoms with van der Waals surface area (Å²) in [6, 6.07) is 7.08. The summed E-state index contributed by atoms with van der Waals surface area (Å²) in [6.45, 7) is 0.237. The van der Waals surface area contributed by atoms with Crippen LogP contribution in [0.5, 0.6) is 0 Å². The van der Waals surface area contributed by atoms with Gasteiger partial charge in [-0.05, 0) is 43.4 Å². The Balaban J connectivity index is 1.75. The third-order valence-electron chi connectivity index (χ3n) is 5.07. The summed E-state index contributed by atoms with van der Waals surface area (Å²) in [6.07, 6.45) is 8.21. The molecule has 2 aromatic rings. The minimum atomic E-state index is -0.819. The predicted octanol–water partition coefficient (Wildman–Crippen LogP) is 4.04. The van der Waals surface area contributed by atoms with Gasteiger partial charge in [-0.3, -0.25) is 4.79 Å². The molecule has 0 radical (unpaired) electrons. The third-order valence-corrected chi connectivity index (χ3v) is 6.05.